The lowest BCUT2D eigenvalue weighted by atomic mass is 10.0. The van der Waals surface area contributed by atoms with Crippen molar-refractivity contribution < 1.29 is 13.6 Å². The Hall–Kier alpha value is -3.55. The van der Waals surface area contributed by atoms with E-state index in [4.69, 9.17) is 28.0 Å². The van der Waals surface area contributed by atoms with Crippen LogP contribution < -0.4 is 5.56 Å². The molecule has 5 nitrogen and oxygen atoms in total. The van der Waals surface area contributed by atoms with E-state index in [2.05, 4.69) is 10.1 Å². The molecule has 0 saturated carbocycles. The van der Waals surface area contributed by atoms with Crippen molar-refractivity contribution in [2.24, 2.45) is 5.16 Å². The van der Waals surface area contributed by atoms with Crippen molar-refractivity contribution in [1.82, 2.24) is 9.55 Å². The molecule has 166 valence electrons. The standard InChI is InChI=1S/C24H15Cl2F2N3O2/c25-19-2-1-3-20(26)24(19)31-13-16(4-7-22(31)32)23(18-6-5-17(27)12-21(18)28)30-33-14-15-8-10-29-11-9-15/h1-13H,14H2/b30-23-. The zero-order valence-electron chi connectivity index (χ0n) is 16.9. The van der Waals surface area contributed by atoms with Crippen LogP contribution in [0.2, 0.25) is 10.0 Å². The van der Waals surface area contributed by atoms with Crippen LogP contribution in [0.4, 0.5) is 8.78 Å². The normalized spacial score (nSPS) is 11.5. The van der Waals surface area contributed by atoms with E-state index >= 15 is 0 Å². The predicted molar refractivity (Wildman–Crippen MR) is 123 cm³/mol. The average Bonchev–Trinajstić information content (AvgIpc) is 2.79. The smallest absolute Gasteiger partial charge is 0.255 e. The topological polar surface area (TPSA) is 56.5 Å². The third-order valence-corrected chi connectivity index (χ3v) is 5.30. The van der Waals surface area contributed by atoms with E-state index in [0.717, 1.165) is 17.7 Å². The van der Waals surface area contributed by atoms with Crippen LogP contribution in [0, 0.1) is 11.6 Å². The molecule has 0 aliphatic carbocycles. The molecule has 0 unspecified atom stereocenters. The Kier molecular flexibility index (Phi) is 6.82. The zero-order chi connectivity index (χ0) is 23.4. The third-order valence-electron chi connectivity index (χ3n) is 4.69. The number of para-hydroxylation sites is 1. The van der Waals surface area contributed by atoms with Gasteiger partial charge in [0.2, 0.25) is 0 Å². The van der Waals surface area contributed by atoms with Crippen molar-refractivity contribution in [2.45, 2.75) is 6.61 Å². The van der Waals surface area contributed by atoms with Crippen LogP contribution in [0.25, 0.3) is 5.69 Å². The lowest BCUT2D eigenvalue weighted by Gasteiger charge is -2.13. The number of hydrogen-bond donors (Lipinski definition) is 0. The van der Waals surface area contributed by atoms with Crippen molar-refractivity contribution in [3.8, 4) is 5.69 Å². The maximum Gasteiger partial charge on any atom is 0.255 e. The molecule has 0 atom stereocenters. The van der Waals surface area contributed by atoms with Crippen LogP contribution in [-0.2, 0) is 11.4 Å². The minimum Gasteiger partial charge on any atom is -0.390 e. The van der Waals surface area contributed by atoms with Gasteiger partial charge >= 0.3 is 0 Å². The van der Waals surface area contributed by atoms with Crippen molar-refractivity contribution in [1.29, 1.82) is 0 Å². The van der Waals surface area contributed by atoms with E-state index in [0.29, 0.717) is 5.56 Å². The van der Waals surface area contributed by atoms with Gasteiger partial charge in [-0.15, -0.1) is 0 Å². The first-order valence-electron chi connectivity index (χ1n) is 9.66. The monoisotopic (exact) mass is 485 g/mol. The summed E-state index contributed by atoms with van der Waals surface area (Å²) < 4.78 is 29.4. The highest BCUT2D eigenvalue weighted by Crippen LogP contribution is 2.28. The zero-order valence-corrected chi connectivity index (χ0v) is 18.4. The van der Waals surface area contributed by atoms with E-state index in [9.17, 15) is 13.6 Å². The molecule has 0 fully saturated rings. The van der Waals surface area contributed by atoms with Gasteiger partial charge in [0.15, 0.2) is 0 Å². The molecule has 33 heavy (non-hydrogen) atoms. The van der Waals surface area contributed by atoms with E-state index in [1.54, 1.807) is 42.7 Å². The Labute approximate surface area is 197 Å². The Bertz CT molecular complexity index is 1370. The van der Waals surface area contributed by atoms with Crippen LogP contribution in [0.15, 0.2) is 89.2 Å². The van der Waals surface area contributed by atoms with Gasteiger partial charge in [-0.1, -0.05) is 34.4 Å². The molecule has 0 aliphatic rings. The molecule has 4 aromatic rings. The highest BCUT2D eigenvalue weighted by molar-refractivity contribution is 6.37. The summed E-state index contributed by atoms with van der Waals surface area (Å²) in [6.45, 7) is 0.0881. The van der Waals surface area contributed by atoms with Crippen LogP contribution >= 0.6 is 23.2 Å². The van der Waals surface area contributed by atoms with Crippen LogP contribution in [0.1, 0.15) is 16.7 Å². The molecule has 0 amide bonds. The molecule has 4 rings (SSSR count). The number of hydrogen-bond acceptors (Lipinski definition) is 4. The lowest BCUT2D eigenvalue weighted by Crippen LogP contribution is -2.20. The first-order chi connectivity index (χ1) is 15.9. The molecule has 0 saturated heterocycles. The van der Waals surface area contributed by atoms with Gasteiger partial charge in [-0.05, 0) is 48.0 Å². The molecule has 0 aliphatic heterocycles. The Morgan fingerprint density at radius 1 is 1.00 bits per heavy atom. The van der Waals surface area contributed by atoms with Gasteiger partial charge in [-0.3, -0.25) is 14.3 Å². The van der Waals surface area contributed by atoms with Gasteiger partial charge in [0.05, 0.1) is 15.7 Å². The summed E-state index contributed by atoms with van der Waals surface area (Å²) in [5, 5.41) is 4.62. The van der Waals surface area contributed by atoms with Gasteiger partial charge in [-0.25, -0.2) is 8.78 Å². The first kappa shape index (κ1) is 22.6. The number of pyridine rings is 2. The van der Waals surface area contributed by atoms with Gasteiger partial charge in [0.1, 0.15) is 24.0 Å². The first-order valence-corrected chi connectivity index (χ1v) is 10.4. The summed E-state index contributed by atoms with van der Waals surface area (Å²) in [6.07, 6.45) is 4.63. The Morgan fingerprint density at radius 3 is 2.42 bits per heavy atom. The fraction of sp³-hybridized carbons (Fsp3) is 0.0417. The second-order valence-corrected chi connectivity index (χ2v) is 7.70. The lowest BCUT2D eigenvalue weighted by molar-refractivity contribution is 0.130. The highest BCUT2D eigenvalue weighted by atomic mass is 35.5. The molecule has 2 heterocycles. The summed E-state index contributed by atoms with van der Waals surface area (Å²) in [4.78, 5) is 22.0. The molecule has 2 aromatic carbocycles. The summed E-state index contributed by atoms with van der Waals surface area (Å²) in [5.41, 5.74) is 1.01. The summed E-state index contributed by atoms with van der Waals surface area (Å²) in [7, 11) is 0. The number of rotatable bonds is 6. The van der Waals surface area contributed by atoms with Gasteiger partial charge in [0.25, 0.3) is 5.56 Å². The molecule has 2 aromatic heterocycles. The molecular formula is C24H15Cl2F2N3O2. The molecule has 0 radical (unpaired) electrons. The minimum absolute atomic E-state index is 0.0124. The SMILES string of the molecule is O=c1ccc(/C(=N/OCc2ccncc2)c2ccc(F)cc2F)cn1-c1c(Cl)cccc1Cl. The Balaban J connectivity index is 1.82. The molecule has 0 N–H and O–H groups in total. The highest BCUT2D eigenvalue weighted by Gasteiger charge is 2.17. The minimum atomic E-state index is -0.838. The predicted octanol–water partition coefficient (Wildman–Crippen LogP) is 5.79. The second-order valence-electron chi connectivity index (χ2n) is 6.89. The number of nitrogens with zero attached hydrogens (tertiary/aromatic N) is 3. The van der Waals surface area contributed by atoms with E-state index in [1.807, 2.05) is 0 Å². The third kappa shape index (κ3) is 5.10. The quantitative estimate of drug-likeness (QED) is 0.256. The van der Waals surface area contributed by atoms with Gasteiger partial charge in [-0.2, -0.15) is 0 Å². The van der Waals surface area contributed by atoms with E-state index < -0.39 is 17.2 Å². The Morgan fingerprint density at radius 2 is 1.73 bits per heavy atom. The van der Waals surface area contributed by atoms with Crippen LogP contribution in [0.5, 0.6) is 0 Å². The van der Waals surface area contributed by atoms with Gasteiger partial charge in [0, 0.05) is 41.9 Å². The summed E-state index contributed by atoms with van der Waals surface area (Å²) >= 11 is 12.5. The maximum atomic E-state index is 14.7. The van der Waals surface area contributed by atoms with Crippen molar-refractivity contribution in [2.75, 3.05) is 0 Å². The van der Waals surface area contributed by atoms with Crippen molar-refractivity contribution in [3.63, 3.8) is 0 Å². The maximum absolute atomic E-state index is 14.7. The summed E-state index contributed by atoms with van der Waals surface area (Å²) in [6, 6.07) is 14.2. The fourth-order valence-electron chi connectivity index (χ4n) is 3.11. The number of halogens is 4. The van der Waals surface area contributed by atoms with Gasteiger partial charge < -0.3 is 4.84 Å². The fourth-order valence-corrected chi connectivity index (χ4v) is 3.69. The molecule has 0 bridgehead atoms. The summed E-state index contributed by atoms with van der Waals surface area (Å²) in [5.74, 6) is -1.57. The van der Waals surface area contributed by atoms with Crippen molar-refractivity contribution in [3.05, 3.63) is 128 Å². The molecule has 9 heteroatoms. The average molecular weight is 486 g/mol. The number of oxime groups is 1. The molecular weight excluding hydrogens is 471 g/mol. The van der Waals surface area contributed by atoms with Crippen LogP contribution in [0.3, 0.4) is 0 Å². The molecule has 0 spiro atoms. The second kappa shape index (κ2) is 9.94. The van der Waals surface area contributed by atoms with E-state index in [1.165, 1.54) is 29.0 Å². The largest absolute Gasteiger partial charge is 0.390 e. The van der Waals surface area contributed by atoms with E-state index in [-0.39, 0.29) is 33.6 Å². The number of aromatic nitrogens is 2. The van der Waals surface area contributed by atoms with Crippen molar-refractivity contribution >= 4 is 28.9 Å². The number of benzene rings is 2. The van der Waals surface area contributed by atoms with Crippen LogP contribution in [-0.4, -0.2) is 15.3 Å².